The van der Waals surface area contributed by atoms with Gasteiger partial charge in [-0.25, -0.2) is 4.98 Å². The molecule has 4 rings (SSSR count). The van der Waals surface area contributed by atoms with Crippen molar-refractivity contribution in [3.8, 4) is 22.4 Å². The number of benzene rings is 2. The highest BCUT2D eigenvalue weighted by Gasteiger charge is 2.17. The second kappa shape index (κ2) is 6.84. The fourth-order valence-electron chi connectivity index (χ4n) is 2.94. The molecule has 26 heavy (non-hydrogen) atoms. The molecule has 0 saturated heterocycles. The highest BCUT2D eigenvalue weighted by Crippen LogP contribution is 2.35. The standard InChI is InChI=1S/C22H19N3O/c1-15-8-10-19(11-9-15)24-20-14-18(12-13-23-20)21-16(2)26-25-22(21)17-6-4-3-5-7-17/h3-14H,1-2H3,(H,23,24). The maximum Gasteiger partial charge on any atom is 0.142 e. The predicted octanol–water partition coefficient (Wildman–Crippen LogP) is 5.76. The molecule has 0 bridgehead atoms. The molecular weight excluding hydrogens is 322 g/mol. The van der Waals surface area contributed by atoms with E-state index in [1.807, 2.05) is 61.5 Å². The van der Waals surface area contributed by atoms with Crippen molar-refractivity contribution >= 4 is 11.5 Å². The minimum atomic E-state index is 0.783. The topological polar surface area (TPSA) is 51.0 Å². The van der Waals surface area contributed by atoms with Crippen molar-refractivity contribution in [2.75, 3.05) is 5.32 Å². The second-order valence-corrected chi connectivity index (χ2v) is 6.25. The van der Waals surface area contributed by atoms with Crippen LogP contribution in [0.1, 0.15) is 11.3 Å². The molecule has 0 aliphatic heterocycles. The normalized spacial score (nSPS) is 10.7. The van der Waals surface area contributed by atoms with Gasteiger partial charge in [0.2, 0.25) is 0 Å². The summed E-state index contributed by atoms with van der Waals surface area (Å²) in [4.78, 5) is 4.44. The van der Waals surface area contributed by atoms with Crippen LogP contribution < -0.4 is 5.32 Å². The smallest absolute Gasteiger partial charge is 0.142 e. The van der Waals surface area contributed by atoms with Gasteiger partial charge < -0.3 is 9.84 Å². The first-order valence-corrected chi connectivity index (χ1v) is 8.52. The van der Waals surface area contributed by atoms with Gasteiger partial charge in [0.1, 0.15) is 17.3 Å². The zero-order chi connectivity index (χ0) is 17.9. The summed E-state index contributed by atoms with van der Waals surface area (Å²) in [6.45, 7) is 4.00. The van der Waals surface area contributed by atoms with E-state index < -0.39 is 0 Å². The van der Waals surface area contributed by atoms with E-state index in [1.165, 1.54) is 5.56 Å². The van der Waals surface area contributed by atoms with Gasteiger partial charge in [-0.3, -0.25) is 0 Å². The lowest BCUT2D eigenvalue weighted by atomic mass is 10.0. The van der Waals surface area contributed by atoms with Crippen molar-refractivity contribution < 1.29 is 4.52 Å². The van der Waals surface area contributed by atoms with Crippen LogP contribution in [0.2, 0.25) is 0 Å². The highest BCUT2D eigenvalue weighted by molar-refractivity contribution is 5.83. The molecule has 0 amide bonds. The van der Waals surface area contributed by atoms with Crippen LogP contribution in [0, 0.1) is 13.8 Å². The van der Waals surface area contributed by atoms with E-state index in [0.717, 1.165) is 39.6 Å². The number of rotatable bonds is 4. The highest BCUT2D eigenvalue weighted by atomic mass is 16.5. The molecule has 1 N–H and O–H groups in total. The minimum absolute atomic E-state index is 0.783. The van der Waals surface area contributed by atoms with Crippen LogP contribution in [0.5, 0.6) is 0 Å². The Morgan fingerprint density at radius 1 is 0.846 bits per heavy atom. The third kappa shape index (κ3) is 3.22. The van der Waals surface area contributed by atoms with Crippen LogP contribution in [0.15, 0.2) is 77.4 Å². The molecule has 4 heteroatoms. The molecule has 2 aromatic heterocycles. The van der Waals surface area contributed by atoms with Gasteiger partial charge in [0.25, 0.3) is 0 Å². The number of hydrogen-bond donors (Lipinski definition) is 1. The number of hydrogen-bond acceptors (Lipinski definition) is 4. The molecule has 0 radical (unpaired) electrons. The molecular formula is C22H19N3O. The quantitative estimate of drug-likeness (QED) is 0.512. The molecule has 0 aliphatic carbocycles. The Morgan fingerprint density at radius 2 is 1.62 bits per heavy atom. The molecule has 0 aliphatic rings. The SMILES string of the molecule is Cc1ccc(Nc2cc(-c3c(-c4ccccc4)noc3C)ccn2)cc1. The first kappa shape index (κ1) is 16.1. The summed E-state index contributed by atoms with van der Waals surface area (Å²) in [7, 11) is 0. The summed E-state index contributed by atoms with van der Waals surface area (Å²) >= 11 is 0. The molecule has 0 spiro atoms. The zero-order valence-corrected chi connectivity index (χ0v) is 14.7. The van der Waals surface area contributed by atoms with Gasteiger partial charge in [0, 0.05) is 17.4 Å². The van der Waals surface area contributed by atoms with Crippen molar-refractivity contribution in [3.05, 3.63) is 84.3 Å². The van der Waals surface area contributed by atoms with E-state index in [1.54, 1.807) is 6.20 Å². The number of aryl methyl sites for hydroxylation is 2. The summed E-state index contributed by atoms with van der Waals surface area (Å²) in [5.74, 6) is 1.57. The van der Waals surface area contributed by atoms with E-state index in [0.29, 0.717) is 0 Å². The lowest BCUT2D eigenvalue weighted by Gasteiger charge is -2.08. The molecule has 4 aromatic rings. The fraction of sp³-hybridized carbons (Fsp3) is 0.0909. The molecule has 4 nitrogen and oxygen atoms in total. The summed E-state index contributed by atoms with van der Waals surface area (Å²) in [5.41, 5.74) is 6.12. The largest absolute Gasteiger partial charge is 0.360 e. The van der Waals surface area contributed by atoms with E-state index in [2.05, 4.69) is 34.5 Å². The van der Waals surface area contributed by atoms with Gasteiger partial charge in [0.15, 0.2) is 0 Å². The first-order chi connectivity index (χ1) is 12.7. The lowest BCUT2D eigenvalue weighted by molar-refractivity contribution is 0.400. The maximum atomic E-state index is 5.48. The monoisotopic (exact) mass is 341 g/mol. The fourth-order valence-corrected chi connectivity index (χ4v) is 2.94. The Balaban J connectivity index is 1.71. The second-order valence-electron chi connectivity index (χ2n) is 6.25. The van der Waals surface area contributed by atoms with Crippen molar-refractivity contribution in [2.45, 2.75) is 13.8 Å². The van der Waals surface area contributed by atoms with Gasteiger partial charge in [-0.1, -0.05) is 53.2 Å². The van der Waals surface area contributed by atoms with Gasteiger partial charge in [0.05, 0.1) is 5.56 Å². The number of anilines is 2. The van der Waals surface area contributed by atoms with Crippen LogP contribution in [0.3, 0.4) is 0 Å². The van der Waals surface area contributed by atoms with Gasteiger partial charge in [-0.2, -0.15) is 0 Å². The summed E-state index contributed by atoms with van der Waals surface area (Å²) < 4.78 is 5.48. The van der Waals surface area contributed by atoms with E-state index in [4.69, 9.17) is 4.52 Å². The van der Waals surface area contributed by atoms with Crippen LogP contribution in [0.25, 0.3) is 22.4 Å². The van der Waals surface area contributed by atoms with Crippen molar-refractivity contribution in [3.63, 3.8) is 0 Å². The summed E-state index contributed by atoms with van der Waals surface area (Å²) in [6, 6.07) is 22.3. The summed E-state index contributed by atoms with van der Waals surface area (Å²) in [6.07, 6.45) is 1.80. The van der Waals surface area contributed by atoms with Crippen molar-refractivity contribution in [1.82, 2.24) is 10.1 Å². The van der Waals surface area contributed by atoms with E-state index in [9.17, 15) is 0 Å². The molecule has 0 atom stereocenters. The molecule has 0 unspecified atom stereocenters. The number of nitrogens with one attached hydrogen (secondary N) is 1. The number of nitrogens with zero attached hydrogens (tertiary/aromatic N) is 2. The Morgan fingerprint density at radius 3 is 2.38 bits per heavy atom. The average Bonchev–Trinajstić information content (AvgIpc) is 3.06. The van der Waals surface area contributed by atoms with E-state index in [-0.39, 0.29) is 0 Å². The van der Waals surface area contributed by atoms with Crippen molar-refractivity contribution in [2.24, 2.45) is 0 Å². The van der Waals surface area contributed by atoms with Gasteiger partial charge >= 0.3 is 0 Å². The Hall–Kier alpha value is -3.40. The number of aromatic nitrogens is 2. The Kier molecular flexibility index (Phi) is 4.23. The van der Waals surface area contributed by atoms with Crippen LogP contribution in [0.4, 0.5) is 11.5 Å². The zero-order valence-electron chi connectivity index (χ0n) is 14.7. The van der Waals surface area contributed by atoms with Crippen LogP contribution in [-0.4, -0.2) is 10.1 Å². The number of pyridine rings is 1. The van der Waals surface area contributed by atoms with Crippen LogP contribution in [-0.2, 0) is 0 Å². The van der Waals surface area contributed by atoms with Gasteiger partial charge in [-0.05, 0) is 43.7 Å². The van der Waals surface area contributed by atoms with Crippen molar-refractivity contribution in [1.29, 1.82) is 0 Å². The Bertz CT molecular complexity index is 1020. The molecule has 0 saturated carbocycles. The molecule has 2 aromatic carbocycles. The Labute approximate surface area is 152 Å². The third-order valence-electron chi connectivity index (χ3n) is 4.28. The van der Waals surface area contributed by atoms with Crippen LogP contribution >= 0.6 is 0 Å². The van der Waals surface area contributed by atoms with E-state index >= 15 is 0 Å². The molecule has 128 valence electrons. The lowest BCUT2D eigenvalue weighted by Crippen LogP contribution is -1.94. The summed E-state index contributed by atoms with van der Waals surface area (Å²) in [5, 5.41) is 7.62. The van der Waals surface area contributed by atoms with Gasteiger partial charge in [-0.15, -0.1) is 0 Å². The molecule has 2 heterocycles. The first-order valence-electron chi connectivity index (χ1n) is 8.52. The maximum absolute atomic E-state index is 5.48. The average molecular weight is 341 g/mol. The third-order valence-corrected chi connectivity index (χ3v) is 4.28. The molecule has 0 fully saturated rings. The minimum Gasteiger partial charge on any atom is -0.360 e. The predicted molar refractivity (Wildman–Crippen MR) is 104 cm³/mol.